The molecule has 0 spiro atoms. The highest BCUT2D eigenvalue weighted by Crippen LogP contribution is 2.65. The lowest BCUT2D eigenvalue weighted by Crippen LogP contribution is -2.50. The number of ketones is 1. The molecule has 6 atom stereocenters. The van der Waals surface area contributed by atoms with E-state index in [0.717, 1.165) is 44.1 Å². The molecule has 148 valence electrons. The van der Waals surface area contributed by atoms with Crippen LogP contribution >= 0.6 is 0 Å². The third-order valence-corrected chi connectivity index (χ3v) is 8.59. The number of Topliss-reactive ketones (excluding diaryl/α,β-unsaturated/α-hetero) is 1. The molecule has 0 aromatic carbocycles. The van der Waals surface area contributed by atoms with Crippen molar-refractivity contribution >= 4 is 11.8 Å². The van der Waals surface area contributed by atoms with E-state index in [1.54, 1.807) is 0 Å². The van der Waals surface area contributed by atoms with Gasteiger partial charge in [0.25, 0.3) is 0 Å². The number of hydrogen-bond acceptors (Lipinski definition) is 3. The van der Waals surface area contributed by atoms with E-state index in [1.165, 1.54) is 18.9 Å². The zero-order valence-corrected chi connectivity index (χ0v) is 17.3. The van der Waals surface area contributed by atoms with Crippen molar-refractivity contribution in [3.05, 3.63) is 23.3 Å². The first-order valence-corrected chi connectivity index (χ1v) is 10.9. The minimum absolute atomic E-state index is 0.0640. The van der Waals surface area contributed by atoms with Gasteiger partial charge in [0.05, 0.1) is 0 Å². The molecular formula is C24H34O3. The van der Waals surface area contributed by atoms with Gasteiger partial charge in [-0.25, -0.2) is 0 Å². The zero-order valence-electron chi connectivity index (χ0n) is 17.3. The monoisotopic (exact) mass is 370 g/mol. The molecule has 3 nitrogen and oxygen atoms in total. The predicted octanol–water partition coefficient (Wildman–Crippen LogP) is 5.40. The lowest BCUT2D eigenvalue weighted by atomic mass is 9.47. The molecule has 3 heteroatoms. The summed E-state index contributed by atoms with van der Waals surface area (Å²) in [6, 6.07) is 0. The van der Waals surface area contributed by atoms with E-state index in [0.29, 0.717) is 30.0 Å². The average molecular weight is 371 g/mol. The van der Waals surface area contributed by atoms with Gasteiger partial charge in [0.15, 0.2) is 5.78 Å². The van der Waals surface area contributed by atoms with Crippen LogP contribution in [0.25, 0.3) is 0 Å². The molecule has 0 N–H and O–H groups in total. The second-order valence-electron chi connectivity index (χ2n) is 9.82. The molecule has 4 aliphatic carbocycles. The fourth-order valence-electron chi connectivity index (χ4n) is 7.15. The molecule has 0 aromatic rings. The van der Waals surface area contributed by atoms with E-state index < -0.39 is 0 Å². The maximum Gasteiger partial charge on any atom is 0.302 e. The Kier molecular flexibility index (Phi) is 4.63. The second kappa shape index (κ2) is 6.60. The number of fused-ring (bicyclic) bond motifs is 5. The molecule has 2 saturated carbocycles. The van der Waals surface area contributed by atoms with Crippen molar-refractivity contribution in [3.63, 3.8) is 0 Å². The lowest BCUT2D eigenvalue weighted by Gasteiger charge is -2.57. The predicted molar refractivity (Wildman–Crippen MR) is 106 cm³/mol. The number of hydrogen-bond donors (Lipinski definition) is 0. The highest BCUT2D eigenvalue weighted by atomic mass is 16.5. The molecule has 0 amide bonds. The Morgan fingerprint density at radius 3 is 2.52 bits per heavy atom. The SMILES string of the molecule is CCC(=O)C1=CC[C@H]2[C@@H]3CC=C4C[C@H](OC(C)=O)CC[C@]4(C)[C@H]3CC[C@]12C. The first-order chi connectivity index (χ1) is 12.8. The van der Waals surface area contributed by atoms with E-state index >= 15 is 0 Å². The molecule has 2 fully saturated rings. The topological polar surface area (TPSA) is 43.4 Å². The summed E-state index contributed by atoms with van der Waals surface area (Å²) in [6.07, 6.45) is 13.0. The van der Waals surface area contributed by atoms with Crippen LogP contribution in [0.3, 0.4) is 0 Å². The minimum Gasteiger partial charge on any atom is -0.462 e. The Morgan fingerprint density at radius 2 is 1.81 bits per heavy atom. The van der Waals surface area contributed by atoms with Gasteiger partial charge in [-0.1, -0.05) is 38.5 Å². The zero-order chi connectivity index (χ0) is 19.4. The summed E-state index contributed by atoms with van der Waals surface area (Å²) < 4.78 is 5.53. The summed E-state index contributed by atoms with van der Waals surface area (Å²) >= 11 is 0. The molecule has 4 aliphatic rings. The number of carbonyl (C=O) groups excluding carboxylic acids is 2. The van der Waals surface area contributed by atoms with Crippen molar-refractivity contribution in [2.45, 2.75) is 85.2 Å². The van der Waals surface area contributed by atoms with Gasteiger partial charge in [-0.3, -0.25) is 9.59 Å². The van der Waals surface area contributed by atoms with Crippen LogP contribution in [-0.4, -0.2) is 17.9 Å². The normalized spacial score (nSPS) is 43.0. The van der Waals surface area contributed by atoms with Crippen molar-refractivity contribution in [2.24, 2.45) is 28.6 Å². The third-order valence-electron chi connectivity index (χ3n) is 8.59. The van der Waals surface area contributed by atoms with Crippen LogP contribution in [0.5, 0.6) is 0 Å². The summed E-state index contributed by atoms with van der Waals surface area (Å²) in [4.78, 5) is 23.9. The van der Waals surface area contributed by atoms with Crippen LogP contribution < -0.4 is 0 Å². The van der Waals surface area contributed by atoms with E-state index in [2.05, 4.69) is 26.0 Å². The summed E-state index contributed by atoms with van der Waals surface area (Å²) in [5.41, 5.74) is 3.00. The van der Waals surface area contributed by atoms with Crippen LogP contribution in [0.2, 0.25) is 0 Å². The number of rotatable bonds is 3. The first kappa shape index (κ1) is 19.0. The van der Waals surface area contributed by atoms with Gasteiger partial charge in [0, 0.05) is 19.8 Å². The maximum atomic E-state index is 12.5. The van der Waals surface area contributed by atoms with Crippen LogP contribution in [0.4, 0.5) is 0 Å². The van der Waals surface area contributed by atoms with Crippen LogP contribution in [0.1, 0.15) is 79.1 Å². The van der Waals surface area contributed by atoms with Gasteiger partial charge in [-0.15, -0.1) is 0 Å². The highest BCUT2D eigenvalue weighted by molar-refractivity contribution is 5.97. The van der Waals surface area contributed by atoms with E-state index in [-0.39, 0.29) is 22.9 Å². The number of ether oxygens (including phenoxy) is 1. The highest BCUT2D eigenvalue weighted by Gasteiger charge is 2.57. The Bertz CT molecular complexity index is 717. The molecular weight excluding hydrogens is 336 g/mol. The summed E-state index contributed by atoms with van der Waals surface area (Å²) in [7, 11) is 0. The Balaban J connectivity index is 1.58. The van der Waals surface area contributed by atoms with Gasteiger partial charge < -0.3 is 4.74 Å². The largest absolute Gasteiger partial charge is 0.462 e. The quantitative estimate of drug-likeness (QED) is 0.494. The molecule has 0 heterocycles. The lowest BCUT2D eigenvalue weighted by molar-refractivity contribution is -0.148. The van der Waals surface area contributed by atoms with Crippen molar-refractivity contribution < 1.29 is 14.3 Å². The van der Waals surface area contributed by atoms with Crippen molar-refractivity contribution in [1.29, 1.82) is 0 Å². The molecule has 4 rings (SSSR count). The van der Waals surface area contributed by atoms with Crippen LogP contribution in [-0.2, 0) is 14.3 Å². The van der Waals surface area contributed by atoms with Crippen molar-refractivity contribution in [3.8, 4) is 0 Å². The standard InChI is InChI=1S/C24H34O3/c1-5-22(26)21-9-8-19-18-7-6-16-14-17(27-15(2)25)10-12-23(16,3)20(18)11-13-24(19,21)4/h6,9,17-20H,5,7-8,10-14H2,1-4H3/t17-,18+,19+,20+,23+,24+/m1/s1. The second-order valence-corrected chi connectivity index (χ2v) is 9.82. The summed E-state index contributed by atoms with van der Waals surface area (Å²) in [6.45, 7) is 8.33. The van der Waals surface area contributed by atoms with E-state index in [4.69, 9.17) is 4.74 Å². The molecule has 0 aromatic heterocycles. The van der Waals surface area contributed by atoms with Crippen LogP contribution in [0.15, 0.2) is 23.3 Å². The van der Waals surface area contributed by atoms with E-state index in [1.807, 2.05) is 6.92 Å². The molecule has 0 aliphatic heterocycles. The molecule has 0 saturated heterocycles. The van der Waals surface area contributed by atoms with Gasteiger partial charge in [-0.05, 0) is 72.7 Å². The average Bonchev–Trinajstić information content (AvgIpc) is 2.98. The number of carbonyl (C=O) groups is 2. The van der Waals surface area contributed by atoms with Crippen molar-refractivity contribution in [2.75, 3.05) is 0 Å². The van der Waals surface area contributed by atoms with Gasteiger partial charge in [-0.2, -0.15) is 0 Å². The summed E-state index contributed by atoms with van der Waals surface area (Å²) in [5.74, 6) is 2.21. The van der Waals surface area contributed by atoms with Crippen molar-refractivity contribution in [1.82, 2.24) is 0 Å². The van der Waals surface area contributed by atoms with Gasteiger partial charge >= 0.3 is 5.97 Å². The number of allylic oxidation sites excluding steroid dienone is 3. The maximum absolute atomic E-state index is 12.5. The number of esters is 1. The third kappa shape index (κ3) is 2.84. The smallest absolute Gasteiger partial charge is 0.302 e. The molecule has 0 unspecified atom stereocenters. The molecule has 27 heavy (non-hydrogen) atoms. The molecule has 0 bridgehead atoms. The van der Waals surface area contributed by atoms with Gasteiger partial charge in [0.2, 0.25) is 0 Å². The Labute approximate surface area is 163 Å². The van der Waals surface area contributed by atoms with Crippen LogP contribution in [0, 0.1) is 28.6 Å². The summed E-state index contributed by atoms with van der Waals surface area (Å²) in [5, 5.41) is 0. The Morgan fingerprint density at radius 1 is 1.07 bits per heavy atom. The van der Waals surface area contributed by atoms with E-state index in [9.17, 15) is 9.59 Å². The first-order valence-electron chi connectivity index (χ1n) is 10.9. The van der Waals surface area contributed by atoms with Gasteiger partial charge in [0.1, 0.15) is 6.10 Å². The molecule has 0 radical (unpaired) electrons. The fourth-order valence-corrected chi connectivity index (χ4v) is 7.15. The Hall–Kier alpha value is -1.38. The fraction of sp³-hybridized carbons (Fsp3) is 0.750. The minimum atomic E-state index is -0.156.